The molecule has 27 heavy (non-hydrogen) atoms. The fourth-order valence-electron chi connectivity index (χ4n) is 2.86. The number of carbonyl (C=O) groups excluding carboxylic acids is 2. The smallest absolute Gasteiger partial charge is 0.252 e. The number of anilines is 2. The van der Waals surface area contributed by atoms with Gasteiger partial charge in [0.2, 0.25) is 11.9 Å². The van der Waals surface area contributed by atoms with Gasteiger partial charge in [0.15, 0.2) is 5.82 Å². The van der Waals surface area contributed by atoms with Crippen LogP contribution in [0, 0.1) is 6.92 Å². The van der Waals surface area contributed by atoms with Crippen LogP contribution in [0.3, 0.4) is 0 Å². The number of rotatable bonds is 4. The van der Waals surface area contributed by atoms with Crippen molar-refractivity contribution in [2.75, 3.05) is 10.6 Å². The third kappa shape index (κ3) is 3.54. The molecule has 8 heteroatoms. The van der Waals surface area contributed by atoms with E-state index < -0.39 is 6.04 Å². The minimum Gasteiger partial charge on any atom is -0.326 e. The molecule has 0 saturated heterocycles. The van der Waals surface area contributed by atoms with Gasteiger partial charge >= 0.3 is 0 Å². The van der Waals surface area contributed by atoms with Gasteiger partial charge in [-0.1, -0.05) is 41.4 Å². The van der Waals surface area contributed by atoms with E-state index in [4.69, 9.17) is 11.6 Å². The van der Waals surface area contributed by atoms with Gasteiger partial charge in [-0.3, -0.25) is 14.9 Å². The van der Waals surface area contributed by atoms with Gasteiger partial charge in [-0.2, -0.15) is 4.98 Å². The Morgan fingerprint density at radius 2 is 1.89 bits per heavy atom. The summed E-state index contributed by atoms with van der Waals surface area (Å²) in [7, 11) is 0. The third-order valence-electron chi connectivity index (χ3n) is 4.28. The summed E-state index contributed by atoms with van der Waals surface area (Å²) in [6.45, 7) is 2.00. The Bertz CT molecular complexity index is 1010. The summed E-state index contributed by atoms with van der Waals surface area (Å²) >= 11 is 5.84. The van der Waals surface area contributed by atoms with Crippen LogP contribution < -0.4 is 10.6 Å². The number of nitrogens with one attached hydrogen (secondary N) is 2. The Balaban J connectivity index is 1.51. The van der Waals surface area contributed by atoms with Crippen molar-refractivity contribution in [3.05, 3.63) is 59.1 Å². The lowest BCUT2D eigenvalue weighted by atomic mass is 10.1. The molecule has 0 unspecified atom stereocenters. The van der Waals surface area contributed by atoms with Crippen molar-refractivity contribution in [3.63, 3.8) is 0 Å². The molecule has 1 atom stereocenters. The number of aryl methyl sites for hydroxylation is 1. The number of fused-ring (bicyclic) bond motifs is 1. The number of aromatic nitrogens is 3. The summed E-state index contributed by atoms with van der Waals surface area (Å²) in [4.78, 5) is 28.9. The van der Waals surface area contributed by atoms with E-state index in [1.807, 2.05) is 31.2 Å². The van der Waals surface area contributed by atoms with Crippen molar-refractivity contribution < 1.29 is 9.59 Å². The average Bonchev–Trinajstić information content (AvgIpc) is 3.17. The second-order valence-electron chi connectivity index (χ2n) is 6.33. The second kappa shape index (κ2) is 6.85. The molecule has 0 saturated carbocycles. The molecule has 136 valence electrons. The number of halogens is 1. The highest BCUT2D eigenvalue weighted by molar-refractivity contribution is 6.30. The first-order valence-corrected chi connectivity index (χ1v) is 8.77. The molecule has 0 radical (unpaired) electrons. The first-order chi connectivity index (χ1) is 13.0. The minimum absolute atomic E-state index is 0.0435. The predicted octanol–water partition coefficient (Wildman–Crippen LogP) is 3.43. The van der Waals surface area contributed by atoms with Crippen LogP contribution in [-0.2, 0) is 9.59 Å². The maximum Gasteiger partial charge on any atom is 0.252 e. The minimum atomic E-state index is -0.737. The zero-order chi connectivity index (χ0) is 19.0. The molecular formula is C19H16ClN5O2. The van der Waals surface area contributed by atoms with E-state index in [1.165, 1.54) is 4.68 Å². The highest BCUT2D eigenvalue weighted by atomic mass is 35.5. The van der Waals surface area contributed by atoms with E-state index in [9.17, 15) is 9.59 Å². The number of carbonyl (C=O) groups is 2. The average molecular weight is 382 g/mol. The van der Waals surface area contributed by atoms with Crippen LogP contribution in [-0.4, -0.2) is 26.6 Å². The van der Waals surface area contributed by atoms with Crippen LogP contribution in [0.15, 0.2) is 48.5 Å². The Hall–Kier alpha value is -3.19. The Labute approximate surface area is 160 Å². The number of hydrogen-bond acceptors (Lipinski definition) is 4. The molecule has 7 nitrogen and oxygen atoms in total. The predicted molar refractivity (Wildman–Crippen MR) is 103 cm³/mol. The molecule has 0 aliphatic carbocycles. The van der Waals surface area contributed by atoms with Gasteiger partial charge in [0, 0.05) is 16.3 Å². The molecule has 1 aliphatic heterocycles. The van der Waals surface area contributed by atoms with Gasteiger partial charge in [0.05, 0.1) is 6.42 Å². The molecule has 3 aromatic rings. The normalized spacial score (nSPS) is 15.3. The Kier molecular flexibility index (Phi) is 4.37. The standard InChI is InChI=1S/C19H16ClN5O2/c1-11-2-4-12(5-3-11)17-22-19-23-18(27)15(25(19)24-17)10-16(26)21-14-8-6-13(20)7-9-14/h2-9,15H,10H2,1H3,(H,21,26)(H,22,23,24,27)/t15-/m0/s1. The van der Waals surface area contributed by atoms with Gasteiger partial charge in [-0.15, -0.1) is 5.10 Å². The van der Waals surface area contributed by atoms with Crippen LogP contribution in [0.25, 0.3) is 11.4 Å². The number of hydrogen-bond donors (Lipinski definition) is 2. The molecule has 2 heterocycles. The topological polar surface area (TPSA) is 88.9 Å². The number of nitrogens with zero attached hydrogens (tertiary/aromatic N) is 3. The van der Waals surface area contributed by atoms with Gasteiger partial charge < -0.3 is 5.32 Å². The van der Waals surface area contributed by atoms with Crippen molar-refractivity contribution in [2.24, 2.45) is 0 Å². The van der Waals surface area contributed by atoms with Crippen LogP contribution in [0.4, 0.5) is 11.6 Å². The van der Waals surface area contributed by atoms with E-state index in [2.05, 4.69) is 20.7 Å². The summed E-state index contributed by atoms with van der Waals surface area (Å²) in [5.74, 6) is 0.261. The lowest BCUT2D eigenvalue weighted by Gasteiger charge is -2.10. The van der Waals surface area contributed by atoms with Crippen LogP contribution in [0.5, 0.6) is 0 Å². The van der Waals surface area contributed by atoms with Crippen molar-refractivity contribution in [2.45, 2.75) is 19.4 Å². The molecule has 0 spiro atoms. The van der Waals surface area contributed by atoms with E-state index in [1.54, 1.807) is 24.3 Å². The van der Waals surface area contributed by atoms with E-state index in [-0.39, 0.29) is 18.2 Å². The van der Waals surface area contributed by atoms with Crippen LogP contribution in [0.2, 0.25) is 5.02 Å². The van der Waals surface area contributed by atoms with Crippen molar-refractivity contribution in [1.82, 2.24) is 14.8 Å². The maximum absolute atomic E-state index is 12.3. The highest BCUT2D eigenvalue weighted by Crippen LogP contribution is 2.28. The molecule has 4 rings (SSSR count). The fourth-order valence-corrected chi connectivity index (χ4v) is 2.98. The van der Waals surface area contributed by atoms with E-state index >= 15 is 0 Å². The Morgan fingerprint density at radius 3 is 2.59 bits per heavy atom. The van der Waals surface area contributed by atoms with Crippen molar-refractivity contribution in [3.8, 4) is 11.4 Å². The molecule has 1 aliphatic rings. The first kappa shape index (κ1) is 17.2. The fraction of sp³-hybridized carbons (Fsp3) is 0.158. The molecule has 0 fully saturated rings. The molecule has 2 amide bonds. The zero-order valence-electron chi connectivity index (χ0n) is 14.4. The number of amides is 2. The molecular weight excluding hydrogens is 366 g/mol. The molecule has 2 N–H and O–H groups in total. The van der Waals surface area contributed by atoms with Crippen LogP contribution >= 0.6 is 11.6 Å². The summed E-state index contributed by atoms with van der Waals surface area (Å²) in [6.07, 6.45) is -0.0435. The van der Waals surface area contributed by atoms with Gasteiger partial charge in [0.1, 0.15) is 6.04 Å². The third-order valence-corrected chi connectivity index (χ3v) is 4.53. The van der Waals surface area contributed by atoms with Crippen molar-refractivity contribution >= 4 is 35.1 Å². The SMILES string of the molecule is Cc1ccc(-c2nc3n(n2)[C@@H](CC(=O)Nc2ccc(Cl)cc2)C(=O)N3)cc1. The molecule has 0 bridgehead atoms. The van der Waals surface area contributed by atoms with E-state index in [0.29, 0.717) is 22.5 Å². The first-order valence-electron chi connectivity index (χ1n) is 8.39. The van der Waals surface area contributed by atoms with Gasteiger partial charge in [0.25, 0.3) is 5.91 Å². The summed E-state index contributed by atoms with van der Waals surface area (Å²) < 4.78 is 1.47. The lowest BCUT2D eigenvalue weighted by Crippen LogP contribution is -2.23. The van der Waals surface area contributed by atoms with E-state index in [0.717, 1.165) is 11.1 Å². The van der Waals surface area contributed by atoms with Gasteiger partial charge in [-0.05, 0) is 31.2 Å². The van der Waals surface area contributed by atoms with Gasteiger partial charge in [-0.25, -0.2) is 4.68 Å². The highest BCUT2D eigenvalue weighted by Gasteiger charge is 2.35. The second-order valence-corrected chi connectivity index (χ2v) is 6.77. The van der Waals surface area contributed by atoms with Crippen LogP contribution in [0.1, 0.15) is 18.0 Å². The molecule has 1 aromatic heterocycles. The number of benzene rings is 2. The maximum atomic E-state index is 12.3. The van der Waals surface area contributed by atoms with Crippen molar-refractivity contribution in [1.29, 1.82) is 0 Å². The zero-order valence-corrected chi connectivity index (χ0v) is 15.2. The Morgan fingerprint density at radius 1 is 1.19 bits per heavy atom. The monoisotopic (exact) mass is 381 g/mol. The lowest BCUT2D eigenvalue weighted by molar-refractivity contribution is -0.123. The summed E-state index contributed by atoms with van der Waals surface area (Å²) in [5.41, 5.74) is 2.60. The summed E-state index contributed by atoms with van der Waals surface area (Å²) in [5, 5.41) is 10.4. The summed E-state index contributed by atoms with van der Waals surface area (Å²) in [6, 6.07) is 13.8. The quantitative estimate of drug-likeness (QED) is 0.724. The molecule has 2 aromatic carbocycles. The largest absolute Gasteiger partial charge is 0.326 e.